The lowest BCUT2D eigenvalue weighted by Crippen LogP contribution is -2.26. The number of nitrogens with zero attached hydrogens (tertiary/aromatic N) is 2. The molecule has 0 radical (unpaired) electrons. The number of benzene rings is 1. The van der Waals surface area contributed by atoms with E-state index in [2.05, 4.69) is 10.3 Å². The fourth-order valence-electron chi connectivity index (χ4n) is 3.52. The highest BCUT2D eigenvalue weighted by atomic mass is 19.1. The van der Waals surface area contributed by atoms with E-state index in [9.17, 15) is 13.6 Å². The first-order valence-corrected chi connectivity index (χ1v) is 8.75. The van der Waals surface area contributed by atoms with Crippen LogP contribution in [0.3, 0.4) is 0 Å². The van der Waals surface area contributed by atoms with E-state index in [1.807, 2.05) is 0 Å². The van der Waals surface area contributed by atoms with Crippen molar-refractivity contribution in [3.8, 4) is 11.5 Å². The van der Waals surface area contributed by atoms with Gasteiger partial charge in [-0.2, -0.15) is 0 Å². The Morgan fingerprint density at radius 2 is 1.92 bits per heavy atom. The number of carbonyl (C=O) groups is 1. The lowest BCUT2D eigenvalue weighted by Gasteiger charge is -2.24. The van der Waals surface area contributed by atoms with Crippen LogP contribution in [-0.4, -0.2) is 24.0 Å². The van der Waals surface area contributed by atoms with E-state index in [0.29, 0.717) is 17.5 Å². The van der Waals surface area contributed by atoms with E-state index < -0.39 is 28.9 Å². The van der Waals surface area contributed by atoms with Crippen molar-refractivity contribution in [1.29, 1.82) is 0 Å². The highest BCUT2D eigenvalue weighted by Gasteiger charge is 2.31. The predicted octanol–water partition coefficient (Wildman–Crippen LogP) is 4.49. The molecule has 1 aliphatic heterocycles. The topological polar surface area (TPSA) is 54.5 Å². The van der Waals surface area contributed by atoms with Crippen LogP contribution in [0.5, 0.6) is 11.5 Å². The second-order valence-corrected chi connectivity index (χ2v) is 6.72. The van der Waals surface area contributed by atoms with E-state index >= 15 is 0 Å². The van der Waals surface area contributed by atoms with E-state index in [-0.39, 0.29) is 5.75 Å². The molecule has 136 valence electrons. The van der Waals surface area contributed by atoms with Crippen molar-refractivity contribution in [2.75, 3.05) is 17.3 Å². The number of hydrogen-bond acceptors (Lipinski definition) is 4. The number of hydrogen-bond donors (Lipinski definition) is 1. The highest BCUT2D eigenvalue weighted by molar-refractivity contribution is 6.09. The monoisotopic (exact) mass is 359 g/mol. The second kappa shape index (κ2) is 6.55. The Bertz CT molecular complexity index is 866. The maximum atomic E-state index is 14.2. The summed E-state index contributed by atoms with van der Waals surface area (Å²) in [5.74, 6) is -1.82. The molecule has 1 aromatic carbocycles. The fraction of sp³-hybridized carbons (Fsp3) is 0.368. The maximum Gasteiger partial charge on any atom is 0.265 e. The van der Waals surface area contributed by atoms with Gasteiger partial charge in [0, 0.05) is 19.2 Å². The normalized spacial score (nSPS) is 17.2. The number of nitrogens with one attached hydrogen (secondary N) is 1. The zero-order valence-corrected chi connectivity index (χ0v) is 14.4. The van der Waals surface area contributed by atoms with Gasteiger partial charge in [0.2, 0.25) is 0 Å². The van der Waals surface area contributed by atoms with Crippen molar-refractivity contribution in [2.24, 2.45) is 0 Å². The summed E-state index contributed by atoms with van der Waals surface area (Å²) in [4.78, 5) is 18.1. The number of ether oxygens (including phenoxy) is 1. The van der Waals surface area contributed by atoms with Gasteiger partial charge in [-0.15, -0.1) is 0 Å². The molecular weight excluding hydrogens is 340 g/mol. The van der Waals surface area contributed by atoms with Crippen LogP contribution in [0.15, 0.2) is 24.4 Å². The highest BCUT2D eigenvalue weighted by Crippen LogP contribution is 2.41. The van der Waals surface area contributed by atoms with Gasteiger partial charge in [-0.25, -0.2) is 13.8 Å². The van der Waals surface area contributed by atoms with Crippen molar-refractivity contribution in [3.05, 3.63) is 41.6 Å². The van der Waals surface area contributed by atoms with Crippen molar-refractivity contribution < 1.29 is 18.3 Å². The molecule has 7 heteroatoms. The average Bonchev–Trinajstić information content (AvgIpc) is 2.75. The summed E-state index contributed by atoms with van der Waals surface area (Å²) >= 11 is 0. The lowest BCUT2D eigenvalue weighted by molar-refractivity contribution is 0.0988. The molecule has 0 atom stereocenters. The van der Waals surface area contributed by atoms with Crippen LogP contribution < -0.4 is 15.0 Å². The minimum absolute atomic E-state index is 0.261. The Morgan fingerprint density at radius 1 is 1.19 bits per heavy atom. The molecular formula is C19H19F2N3O2. The van der Waals surface area contributed by atoms with Crippen molar-refractivity contribution >= 4 is 17.4 Å². The molecule has 0 unspecified atom stereocenters. The van der Waals surface area contributed by atoms with E-state index in [1.165, 1.54) is 37.4 Å². The Kier molecular flexibility index (Phi) is 4.22. The van der Waals surface area contributed by atoms with Crippen LogP contribution in [0, 0.1) is 11.6 Å². The number of anilines is 2. The van der Waals surface area contributed by atoms with Crippen LogP contribution >= 0.6 is 0 Å². The molecule has 26 heavy (non-hydrogen) atoms. The van der Waals surface area contributed by atoms with Crippen LogP contribution in [0.25, 0.3) is 0 Å². The van der Waals surface area contributed by atoms with Gasteiger partial charge < -0.3 is 15.0 Å². The molecule has 1 amide bonds. The van der Waals surface area contributed by atoms with Crippen molar-refractivity contribution in [1.82, 2.24) is 4.98 Å². The van der Waals surface area contributed by atoms with Crippen LogP contribution in [0.1, 0.15) is 42.5 Å². The molecule has 5 nitrogen and oxygen atoms in total. The number of pyridine rings is 1. The zero-order valence-electron chi connectivity index (χ0n) is 14.4. The first kappa shape index (κ1) is 16.8. The molecule has 1 aliphatic carbocycles. The minimum atomic E-state index is -0.820. The van der Waals surface area contributed by atoms with Gasteiger partial charge in [0.1, 0.15) is 22.9 Å². The first-order chi connectivity index (χ1) is 12.5. The van der Waals surface area contributed by atoms with Gasteiger partial charge in [0.25, 0.3) is 5.91 Å². The number of aromatic nitrogens is 1. The third kappa shape index (κ3) is 2.87. The molecule has 2 aromatic rings. The lowest BCUT2D eigenvalue weighted by atomic mass is 9.95. The molecule has 2 heterocycles. The van der Waals surface area contributed by atoms with Crippen molar-refractivity contribution in [2.45, 2.75) is 38.1 Å². The number of amides is 1. The molecule has 4 rings (SSSR count). The average molecular weight is 359 g/mol. The molecule has 0 bridgehead atoms. The summed E-state index contributed by atoms with van der Waals surface area (Å²) in [7, 11) is 1.49. The van der Waals surface area contributed by atoms with Gasteiger partial charge in [-0.1, -0.05) is 19.3 Å². The summed E-state index contributed by atoms with van der Waals surface area (Å²) < 4.78 is 34.0. The number of halogens is 2. The fourth-order valence-corrected chi connectivity index (χ4v) is 3.52. The van der Waals surface area contributed by atoms with Crippen LogP contribution in [-0.2, 0) is 0 Å². The SMILES string of the molecule is CN1C(=O)c2c(F)ccc(F)c2Oc2cc(NC3CCCCC3)ncc21. The smallest absolute Gasteiger partial charge is 0.265 e. The third-order valence-corrected chi connectivity index (χ3v) is 4.95. The number of fused-ring (bicyclic) bond motifs is 2. The number of carbonyl (C=O) groups excluding carboxylic acids is 1. The van der Waals surface area contributed by atoms with Gasteiger partial charge in [-0.05, 0) is 25.0 Å². The molecule has 0 spiro atoms. The van der Waals surface area contributed by atoms with Gasteiger partial charge in [0.15, 0.2) is 17.3 Å². The van der Waals surface area contributed by atoms with E-state index in [4.69, 9.17) is 4.74 Å². The van der Waals surface area contributed by atoms with Gasteiger partial charge >= 0.3 is 0 Å². The first-order valence-electron chi connectivity index (χ1n) is 8.75. The Balaban J connectivity index is 1.72. The summed E-state index contributed by atoms with van der Waals surface area (Å²) in [5.41, 5.74) is -0.0512. The van der Waals surface area contributed by atoms with E-state index in [1.54, 1.807) is 6.07 Å². The molecule has 1 aromatic heterocycles. The number of rotatable bonds is 2. The standard InChI is InChI=1S/C19H19F2N3O2/c1-24-14-10-22-16(23-11-5-3-2-4-6-11)9-15(14)26-18-13(21)8-7-12(20)17(18)19(24)25/h7-11H,2-6H2,1H3,(H,22,23). The Labute approximate surface area is 150 Å². The minimum Gasteiger partial charge on any atom is -0.451 e. The molecule has 1 fully saturated rings. The van der Waals surface area contributed by atoms with Crippen LogP contribution in [0.4, 0.5) is 20.3 Å². The second-order valence-electron chi connectivity index (χ2n) is 6.72. The predicted molar refractivity (Wildman–Crippen MR) is 93.9 cm³/mol. The summed E-state index contributed by atoms with van der Waals surface area (Å²) in [6, 6.07) is 3.84. The molecule has 2 aliphatic rings. The summed E-state index contributed by atoms with van der Waals surface area (Å²) in [6.45, 7) is 0. The maximum absolute atomic E-state index is 14.2. The molecule has 0 saturated heterocycles. The van der Waals surface area contributed by atoms with Crippen LogP contribution in [0.2, 0.25) is 0 Å². The zero-order chi connectivity index (χ0) is 18.3. The Morgan fingerprint density at radius 3 is 2.69 bits per heavy atom. The quantitative estimate of drug-likeness (QED) is 0.859. The largest absolute Gasteiger partial charge is 0.451 e. The van der Waals surface area contributed by atoms with Gasteiger partial charge in [0.05, 0.1) is 6.20 Å². The summed E-state index contributed by atoms with van der Waals surface area (Å²) in [5, 5.41) is 3.37. The Hall–Kier alpha value is -2.70. The molecule has 1 saturated carbocycles. The molecule has 1 N–H and O–H groups in total. The van der Waals surface area contributed by atoms with Crippen molar-refractivity contribution in [3.63, 3.8) is 0 Å². The van der Waals surface area contributed by atoms with Gasteiger partial charge in [-0.3, -0.25) is 4.79 Å². The van der Waals surface area contributed by atoms with E-state index in [0.717, 1.165) is 25.0 Å². The third-order valence-electron chi connectivity index (χ3n) is 4.95. The summed E-state index contributed by atoms with van der Waals surface area (Å²) in [6.07, 6.45) is 7.22.